The van der Waals surface area contributed by atoms with Gasteiger partial charge in [-0.25, -0.2) is 0 Å². The van der Waals surface area contributed by atoms with Crippen LogP contribution in [0, 0.1) is 0 Å². The van der Waals surface area contributed by atoms with Gasteiger partial charge in [-0.3, -0.25) is 0 Å². The minimum absolute atomic E-state index is 0.0732. The van der Waals surface area contributed by atoms with E-state index in [4.69, 9.17) is 0 Å². The molecule has 0 nitrogen and oxygen atoms in total. The van der Waals surface area contributed by atoms with Gasteiger partial charge in [-0.1, -0.05) is 114 Å². The van der Waals surface area contributed by atoms with E-state index in [1.807, 2.05) is 0 Å². The molecular weight excluding hydrogens is 456 g/mol. The first kappa shape index (κ1) is 22.1. The van der Waals surface area contributed by atoms with Crippen molar-refractivity contribution < 1.29 is 0 Å². The largest absolute Gasteiger partial charge is 0.0610 e. The van der Waals surface area contributed by atoms with Gasteiger partial charge in [-0.2, -0.15) is 0 Å². The van der Waals surface area contributed by atoms with Gasteiger partial charge in [0.25, 0.3) is 0 Å². The molecule has 0 fully saturated rings. The van der Waals surface area contributed by atoms with Gasteiger partial charge in [0.2, 0.25) is 0 Å². The Hall–Kier alpha value is -3.90. The highest BCUT2D eigenvalue weighted by molar-refractivity contribution is 6.42. The van der Waals surface area contributed by atoms with Crippen LogP contribution in [-0.2, 0) is 10.8 Å². The molecule has 0 N–H and O–H groups in total. The van der Waals surface area contributed by atoms with Crippen LogP contribution in [0.2, 0.25) is 0 Å². The van der Waals surface area contributed by atoms with Crippen molar-refractivity contribution in [3.05, 3.63) is 96.1 Å². The van der Waals surface area contributed by atoms with Crippen LogP contribution in [0.5, 0.6) is 0 Å². The van der Waals surface area contributed by atoms with Gasteiger partial charge in [-0.05, 0) is 109 Å². The first-order valence-electron chi connectivity index (χ1n) is 13.9. The zero-order chi connectivity index (χ0) is 26.1. The summed E-state index contributed by atoms with van der Waals surface area (Å²) in [5.74, 6) is 0. The van der Waals surface area contributed by atoms with Crippen LogP contribution >= 0.6 is 0 Å². The fourth-order valence-electron chi connectivity index (χ4n) is 6.99. The number of benzene rings is 8. The van der Waals surface area contributed by atoms with Crippen LogP contribution in [0.1, 0.15) is 52.7 Å². The number of fused-ring (bicyclic) bond motifs is 4. The number of hydrogen-bond donors (Lipinski definition) is 0. The molecule has 0 saturated carbocycles. The van der Waals surface area contributed by atoms with Gasteiger partial charge in [0.05, 0.1) is 0 Å². The molecule has 8 aromatic carbocycles. The zero-order valence-electron chi connectivity index (χ0n) is 23.1. The van der Waals surface area contributed by atoms with Crippen molar-refractivity contribution in [1.82, 2.24) is 0 Å². The van der Waals surface area contributed by atoms with Crippen molar-refractivity contribution in [2.24, 2.45) is 0 Å². The van der Waals surface area contributed by atoms with E-state index in [1.165, 1.54) is 86.5 Å². The molecule has 0 spiro atoms. The summed E-state index contributed by atoms with van der Waals surface area (Å²) in [6, 6.07) is 33.0. The van der Waals surface area contributed by atoms with Gasteiger partial charge in [0.15, 0.2) is 0 Å². The van der Waals surface area contributed by atoms with Crippen molar-refractivity contribution in [2.75, 3.05) is 0 Å². The van der Waals surface area contributed by atoms with E-state index in [2.05, 4.69) is 126 Å². The average Bonchev–Trinajstić information content (AvgIpc) is 2.88. The monoisotopic (exact) mass is 488 g/mol. The summed E-state index contributed by atoms with van der Waals surface area (Å²) in [6.07, 6.45) is 0. The smallest absolute Gasteiger partial charge is 0.00139 e. The quantitative estimate of drug-likeness (QED) is 0.147. The number of hydrogen-bond acceptors (Lipinski definition) is 0. The molecule has 0 aliphatic carbocycles. The summed E-state index contributed by atoms with van der Waals surface area (Å²) in [5.41, 5.74) is 2.94. The summed E-state index contributed by atoms with van der Waals surface area (Å²) in [4.78, 5) is 0. The van der Waals surface area contributed by atoms with Gasteiger partial charge in [0.1, 0.15) is 0 Å². The Bertz CT molecular complexity index is 2080. The maximum absolute atomic E-state index is 2.48. The van der Waals surface area contributed by atoms with Crippen LogP contribution in [0.25, 0.3) is 75.4 Å². The first-order valence-corrected chi connectivity index (χ1v) is 13.9. The Morgan fingerprint density at radius 2 is 0.711 bits per heavy atom. The van der Waals surface area contributed by atoms with Gasteiger partial charge in [-0.15, -0.1) is 0 Å². The van der Waals surface area contributed by atoms with Gasteiger partial charge < -0.3 is 0 Å². The molecule has 38 heavy (non-hydrogen) atoms. The van der Waals surface area contributed by atoms with Crippen LogP contribution in [0.4, 0.5) is 0 Å². The third-order valence-corrected chi connectivity index (χ3v) is 9.01. The highest BCUT2D eigenvalue weighted by Crippen LogP contribution is 2.48. The molecule has 0 radical (unpaired) electrons. The molecular formula is C38H32. The molecule has 0 heterocycles. The fourth-order valence-corrected chi connectivity index (χ4v) is 6.99. The first-order chi connectivity index (χ1) is 18.1. The van der Waals surface area contributed by atoms with Crippen molar-refractivity contribution in [3.63, 3.8) is 0 Å². The van der Waals surface area contributed by atoms with Crippen LogP contribution in [0.15, 0.2) is 84.9 Å². The molecule has 0 bridgehead atoms. The minimum Gasteiger partial charge on any atom is -0.0610 e. The molecule has 0 aromatic heterocycles. The molecule has 0 saturated heterocycles. The van der Waals surface area contributed by atoms with Crippen molar-refractivity contribution in [3.8, 4) is 0 Å². The molecule has 0 heteroatoms. The van der Waals surface area contributed by atoms with E-state index in [0.29, 0.717) is 0 Å². The Labute approximate surface area is 223 Å². The lowest BCUT2D eigenvalue weighted by atomic mass is 9.78. The summed E-state index contributed by atoms with van der Waals surface area (Å²) < 4.78 is 0. The molecule has 0 aliphatic rings. The SMILES string of the molecule is CC(C)(C)c1cc2cc(C(C)(C)C)cc3c4ccc5c6cccc7cccc(c8ccc(c(c1)c23)c4c85)c76. The van der Waals surface area contributed by atoms with Crippen molar-refractivity contribution >= 4 is 75.4 Å². The van der Waals surface area contributed by atoms with Crippen molar-refractivity contribution in [1.29, 1.82) is 0 Å². The zero-order valence-corrected chi connectivity index (χ0v) is 23.1. The third-order valence-electron chi connectivity index (χ3n) is 9.01. The molecule has 8 rings (SSSR count). The summed E-state index contributed by atoms with van der Waals surface area (Å²) >= 11 is 0. The second-order valence-electron chi connectivity index (χ2n) is 13.4. The van der Waals surface area contributed by atoms with E-state index in [0.717, 1.165) is 0 Å². The lowest BCUT2D eigenvalue weighted by Gasteiger charge is -2.26. The van der Waals surface area contributed by atoms with Crippen LogP contribution in [-0.4, -0.2) is 0 Å². The molecule has 0 amide bonds. The average molecular weight is 489 g/mol. The summed E-state index contributed by atoms with van der Waals surface area (Å²) in [5, 5.41) is 19.3. The van der Waals surface area contributed by atoms with Crippen LogP contribution in [0.3, 0.4) is 0 Å². The highest BCUT2D eigenvalue weighted by atomic mass is 14.3. The Balaban J connectivity index is 1.70. The van der Waals surface area contributed by atoms with Crippen molar-refractivity contribution in [2.45, 2.75) is 52.4 Å². The van der Waals surface area contributed by atoms with E-state index < -0.39 is 0 Å². The van der Waals surface area contributed by atoms with E-state index >= 15 is 0 Å². The number of rotatable bonds is 0. The molecule has 0 unspecified atom stereocenters. The van der Waals surface area contributed by atoms with Crippen LogP contribution < -0.4 is 0 Å². The molecule has 8 aromatic rings. The normalized spacial score (nSPS) is 13.5. The van der Waals surface area contributed by atoms with Gasteiger partial charge in [0, 0.05) is 0 Å². The van der Waals surface area contributed by atoms with E-state index in [1.54, 1.807) is 0 Å². The Kier molecular flexibility index (Phi) is 4.04. The minimum atomic E-state index is 0.0732. The predicted octanol–water partition coefficient (Wildman–Crippen LogP) is 11.2. The molecule has 0 aliphatic heterocycles. The second kappa shape index (κ2) is 6.94. The van der Waals surface area contributed by atoms with E-state index in [-0.39, 0.29) is 10.8 Å². The van der Waals surface area contributed by atoms with Gasteiger partial charge >= 0.3 is 0 Å². The third kappa shape index (κ3) is 2.76. The standard InChI is InChI=1S/C38H32/c1-37(2,3)23-17-22-18-24(38(4,5)6)20-32-30-16-14-28-26-12-8-10-21-9-7-11-25(33(21)26)27-13-15-29(36(30)35(27)28)31(19-23)34(22)32/h7-20H,1-6H3. The lowest BCUT2D eigenvalue weighted by Crippen LogP contribution is -2.12. The summed E-state index contributed by atoms with van der Waals surface area (Å²) in [6.45, 7) is 14.0. The maximum Gasteiger partial charge on any atom is -0.00139 e. The molecule has 184 valence electrons. The Morgan fingerprint density at radius 3 is 1.13 bits per heavy atom. The predicted molar refractivity (Wildman–Crippen MR) is 169 cm³/mol. The van der Waals surface area contributed by atoms with E-state index in [9.17, 15) is 0 Å². The lowest BCUT2D eigenvalue weighted by molar-refractivity contribution is 0.590. The second-order valence-corrected chi connectivity index (χ2v) is 13.4. The summed E-state index contributed by atoms with van der Waals surface area (Å²) in [7, 11) is 0. The maximum atomic E-state index is 2.48. The Morgan fingerprint density at radius 1 is 0.342 bits per heavy atom. The molecule has 0 atom stereocenters. The topological polar surface area (TPSA) is 0 Å². The highest BCUT2D eigenvalue weighted by Gasteiger charge is 2.23. The fraction of sp³-hybridized carbons (Fsp3) is 0.211.